The predicted molar refractivity (Wildman–Crippen MR) is 98.5 cm³/mol. The molecule has 2 aromatic carbocycles. The fraction of sp³-hybridized carbons (Fsp3) is 0.211. The van der Waals surface area contributed by atoms with Gasteiger partial charge in [-0.25, -0.2) is 0 Å². The van der Waals surface area contributed by atoms with Gasteiger partial charge in [-0.05, 0) is 23.8 Å². The van der Waals surface area contributed by atoms with E-state index in [1.54, 1.807) is 18.2 Å². The molecule has 2 aromatic rings. The highest BCUT2D eigenvalue weighted by Gasteiger charge is 2.15. The van der Waals surface area contributed by atoms with Gasteiger partial charge in [0.05, 0.1) is 6.10 Å². The molecular weight excluding hydrogens is 334 g/mol. The molecule has 26 heavy (non-hydrogen) atoms. The van der Waals surface area contributed by atoms with Gasteiger partial charge in [-0.2, -0.15) is 0 Å². The Morgan fingerprint density at radius 2 is 1.58 bits per heavy atom. The summed E-state index contributed by atoms with van der Waals surface area (Å²) in [4.78, 5) is 34.8. The van der Waals surface area contributed by atoms with Crippen molar-refractivity contribution < 1.29 is 19.5 Å². The highest BCUT2D eigenvalue weighted by molar-refractivity contribution is 6.39. The molecule has 0 aromatic heterocycles. The van der Waals surface area contributed by atoms with Gasteiger partial charge < -0.3 is 21.1 Å². The second-order valence-corrected chi connectivity index (χ2v) is 5.77. The first-order chi connectivity index (χ1) is 12.4. The molecule has 0 aliphatic heterocycles. The number of benzene rings is 2. The van der Waals surface area contributed by atoms with Gasteiger partial charge in [0.2, 0.25) is 5.91 Å². The zero-order valence-electron chi connectivity index (χ0n) is 14.4. The molecule has 0 radical (unpaired) electrons. The van der Waals surface area contributed by atoms with E-state index in [-0.39, 0.29) is 12.5 Å². The van der Waals surface area contributed by atoms with E-state index < -0.39 is 17.9 Å². The molecule has 0 fully saturated rings. The second-order valence-electron chi connectivity index (χ2n) is 5.77. The van der Waals surface area contributed by atoms with Gasteiger partial charge in [0.25, 0.3) is 0 Å². The molecule has 3 amide bonds. The third-order valence-corrected chi connectivity index (χ3v) is 3.46. The molecule has 4 N–H and O–H groups in total. The maximum Gasteiger partial charge on any atom is 0.313 e. The number of carbonyl (C=O) groups excluding carboxylic acids is 3. The van der Waals surface area contributed by atoms with Crippen LogP contribution in [0.15, 0.2) is 54.6 Å². The lowest BCUT2D eigenvalue weighted by molar-refractivity contribution is -0.136. The number of carbonyl (C=O) groups is 3. The average Bonchev–Trinajstić information content (AvgIpc) is 2.60. The van der Waals surface area contributed by atoms with Crippen molar-refractivity contribution in [3.8, 4) is 0 Å². The largest absolute Gasteiger partial charge is 0.391 e. The molecular formula is C19H21N3O4. The summed E-state index contributed by atoms with van der Waals surface area (Å²) in [5.74, 6) is -1.93. The molecule has 2 rings (SSSR count). The van der Waals surface area contributed by atoms with Crippen LogP contribution in [0.4, 0.5) is 11.4 Å². The van der Waals surface area contributed by atoms with Crippen molar-refractivity contribution in [1.82, 2.24) is 5.32 Å². The Kier molecular flexibility index (Phi) is 6.87. The SMILES string of the molecule is CC(=O)Nc1cccc(NC(=O)C(=O)NCC(O)Cc2ccccc2)c1. The number of hydrogen-bond donors (Lipinski definition) is 4. The van der Waals surface area contributed by atoms with Gasteiger partial charge in [-0.1, -0.05) is 36.4 Å². The molecule has 7 nitrogen and oxygen atoms in total. The zero-order chi connectivity index (χ0) is 18.9. The molecule has 0 bridgehead atoms. The van der Waals surface area contributed by atoms with Crippen LogP contribution in [0.1, 0.15) is 12.5 Å². The number of anilines is 2. The monoisotopic (exact) mass is 355 g/mol. The normalized spacial score (nSPS) is 11.3. The summed E-state index contributed by atoms with van der Waals surface area (Å²) in [6, 6.07) is 15.8. The summed E-state index contributed by atoms with van der Waals surface area (Å²) in [6.45, 7) is 1.34. The first kappa shape index (κ1) is 19.1. The van der Waals surface area contributed by atoms with E-state index >= 15 is 0 Å². The van der Waals surface area contributed by atoms with E-state index in [9.17, 15) is 19.5 Å². The predicted octanol–water partition coefficient (Wildman–Crippen LogP) is 1.30. The van der Waals surface area contributed by atoms with Crippen LogP contribution in [0.5, 0.6) is 0 Å². The molecule has 1 unspecified atom stereocenters. The number of rotatable bonds is 6. The van der Waals surface area contributed by atoms with Crippen LogP contribution < -0.4 is 16.0 Å². The van der Waals surface area contributed by atoms with Crippen LogP contribution in [0, 0.1) is 0 Å². The molecule has 0 spiro atoms. The van der Waals surface area contributed by atoms with Crippen molar-refractivity contribution in [2.45, 2.75) is 19.4 Å². The van der Waals surface area contributed by atoms with Crippen LogP contribution in [0.2, 0.25) is 0 Å². The zero-order valence-corrected chi connectivity index (χ0v) is 14.4. The summed E-state index contributed by atoms with van der Waals surface area (Å²) in [5.41, 5.74) is 1.82. The Morgan fingerprint density at radius 1 is 0.923 bits per heavy atom. The summed E-state index contributed by atoms with van der Waals surface area (Å²) in [6.07, 6.45) is -0.418. The molecule has 0 saturated carbocycles. The first-order valence-electron chi connectivity index (χ1n) is 8.13. The number of amides is 3. The van der Waals surface area contributed by atoms with E-state index in [1.165, 1.54) is 13.0 Å². The Balaban J connectivity index is 1.82. The van der Waals surface area contributed by atoms with Crippen molar-refractivity contribution in [3.05, 3.63) is 60.2 Å². The standard InChI is InChI=1S/C19H21N3O4/c1-13(23)21-15-8-5-9-16(11-15)22-19(26)18(25)20-12-17(24)10-14-6-3-2-4-7-14/h2-9,11,17,24H,10,12H2,1H3,(H,20,25)(H,21,23)(H,22,26). The third-order valence-electron chi connectivity index (χ3n) is 3.46. The third kappa shape index (κ3) is 6.37. The quantitative estimate of drug-likeness (QED) is 0.586. The van der Waals surface area contributed by atoms with Gasteiger partial charge in [-0.3, -0.25) is 14.4 Å². The molecule has 1 atom stereocenters. The van der Waals surface area contributed by atoms with Gasteiger partial charge in [-0.15, -0.1) is 0 Å². The Bertz CT molecular complexity index is 777. The number of hydrogen-bond acceptors (Lipinski definition) is 4. The maximum atomic E-state index is 11.9. The Morgan fingerprint density at radius 3 is 2.23 bits per heavy atom. The van der Waals surface area contributed by atoms with Crippen LogP contribution in [-0.4, -0.2) is 35.5 Å². The van der Waals surface area contributed by atoms with Crippen molar-refractivity contribution in [3.63, 3.8) is 0 Å². The van der Waals surface area contributed by atoms with Crippen LogP contribution in [-0.2, 0) is 20.8 Å². The summed E-state index contributed by atoms with van der Waals surface area (Å²) in [5, 5.41) is 17.4. The van der Waals surface area contributed by atoms with E-state index in [1.807, 2.05) is 30.3 Å². The average molecular weight is 355 g/mol. The topological polar surface area (TPSA) is 108 Å². The Labute approximate surface area is 151 Å². The van der Waals surface area contributed by atoms with Crippen LogP contribution in [0.25, 0.3) is 0 Å². The lowest BCUT2D eigenvalue weighted by atomic mass is 10.1. The molecule has 0 aliphatic carbocycles. The summed E-state index contributed by atoms with van der Waals surface area (Å²) >= 11 is 0. The lowest BCUT2D eigenvalue weighted by Crippen LogP contribution is -2.40. The first-order valence-corrected chi connectivity index (χ1v) is 8.13. The van der Waals surface area contributed by atoms with Gasteiger partial charge in [0.15, 0.2) is 0 Å². The van der Waals surface area contributed by atoms with Crippen molar-refractivity contribution in [1.29, 1.82) is 0 Å². The number of aliphatic hydroxyl groups is 1. The minimum absolute atomic E-state index is 0.0346. The summed E-state index contributed by atoms with van der Waals surface area (Å²) < 4.78 is 0. The molecule has 0 heterocycles. The summed E-state index contributed by atoms with van der Waals surface area (Å²) in [7, 11) is 0. The van der Waals surface area contributed by atoms with Crippen LogP contribution >= 0.6 is 0 Å². The number of nitrogens with one attached hydrogen (secondary N) is 3. The molecule has 0 aliphatic rings. The lowest BCUT2D eigenvalue weighted by Gasteiger charge is -2.12. The molecule has 0 saturated heterocycles. The highest BCUT2D eigenvalue weighted by Crippen LogP contribution is 2.14. The molecule has 136 valence electrons. The van der Waals surface area contributed by atoms with E-state index in [4.69, 9.17) is 0 Å². The minimum Gasteiger partial charge on any atom is -0.391 e. The maximum absolute atomic E-state index is 11.9. The van der Waals surface area contributed by atoms with Crippen LogP contribution in [0.3, 0.4) is 0 Å². The molecule has 7 heteroatoms. The van der Waals surface area contributed by atoms with Crippen molar-refractivity contribution >= 4 is 29.1 Å². The number of aliphatic hydroxyl groups excluding tert-OH is 1. The van der Waals surface area contributed by atoms with E-state index in [0.717, 1.165) is 5.56 Å². The minimum atomic E-state index is -0.850. The van der Waals surface area contributed by atoms with E-state index in [2.05, 4.69) is 16.0 Å². The van der Waals surface area contributed by atoms with Crippen molar-refractivity contribution in [2.75, 3.05) is 17.2 Å². The highest BCUT2D eigenvalue weighted by atomic mass is 16.3. The van der Waals surface area contributed by atoms with Gasteiger partial charge >= 0.3 is 11.8 Å². The fourth-order valence-corrected chi connectivity index (χ4v) is 2.31. The van der Waals surface area contributed by atoms with Gasteiger partial charge in [0.1, 0.15) is 0 Å². The smallest absolute Gasteiger partial charge is 0.313 e. The van der Waals surface area contributed by atoms with Gasteiger partial charge in [0, 0.05) is 31.3 Å². The second kappa shape index (κ2) is 9.33. The van der Waals surface area contributed by atoms with E-state index in [0.29, 0.717) is 17.8 Å². The Hall–Kier alpha value is -3.19. The fourth-order valence-electron chi connectivity index (χ4n) is 2.31. The van der Waals surface area contributed by atoms with Crippen molar-refractivity contribution in [2.24, 2.45) is 0 Å².